The second-order valence-corrected chi connectivity index (χ2v) is 6.38. The topological polar surface area (TPSA) is 66.8 Å². The first kappa shape index (κ1) is 15.8. The van der Waals surface area contributed by atoms with Crippen LogP contribution in [0.5, 0.6) is 0 Å². The predicted molar refractivity (Wildman–Crippen MR) is 71.9 cm³/mol. The molecule has 1 aliphatic rings. The van der Waals surface area contributed by atoms with Crippen LogP contribution < -0.4 is 0 Å². The number of rotatable bonds is 3. The van der Waals surface area contributed by atoms with Crippen LogP contribution in [0.3, 0.4) is 0 Å². The average molecular weight is 271 g/mol. The smallest absolute Gasteiger partial charge is 0.410 e. The second-order valence-electron chi connectivity index (χ2n) is 6.38. The maximum Gasteiger partial charge on any atom is 0.410 e. The van der Waals surface area contributed by atoms with Gasteiger partial charge in [-0.2, -0.15) is 0 Å². The molecule has 1 unspecified atom stereocenters. The molecule has 1 amide bonds. The zero-order chi connectivity index (χ0) is 14.6. The Morgan fingerprint density at radius 2 is 1.84 bits per heavy atom. The zero-order valence-corrected chi connectivity index (χ0v) is 12.3. The molecule has 0 spiro atoms. The summed E-state index contributed by atoms with van der Waals surface area (Å²) >= 11 is 0. The molecule has 1 heterocycles. The fraction of sp³-hybridized carbons (Fsp3) is 0.857. The van der Waals surface area contributed by atoms with Crippen molar-refractivity contribution in [2.45, 2.75) is 52.6 Å². The van der Waals surface area contributed by atoms with Crippen molar-refractivity contribution in [1.82, 2.24) is 4.90 Å². The molecule has 1 fully saturated rings. The van der Waals surface area contributed by atoms with Gasteiger partial charge in [0.05, 0.1) is 0 Å². The number of hydrogen-bond donors (Lipinski definition) is 1. The minimum Gasteiger partial charge on any atom is -0.481 e. The van der Waals surface area contributed by atoms with Crippen LogP contribution in [0.15, 0.2) is 0 Å². The molecule has 0 aliphatic carbocycles. The van der Waals surface area contributed by atoms with Crippen molar-refractivity contribution in [2.75, 3.05) is 13.1 Å². The second kappa shape index (κ2) is 6.26. The number of carboxylic acids is 1. The summed E-state index contributed by atoms with van der Waals surface area (Å²) in [4.78, 5) is 24.3. The third kappa shape index (κ3) is 5.49. The first-order chi connectivity index (χ1) is 8.69. The molecule has 0 bridgehead atoms. The van der Waals surface area contributed by atoms with Crippen molar-refractivity contribution < 1.29 is 19.4 Å². The van der Waals surface area contributed by atoms with Crippen LogP contribution in [-0.2, 0) is 9.53 Å². The summed E-state index contributed by atoms with van der Waals surface area (Å²) in [6.45, 7) is 8.85. The summed E-state index contributed by atoms with van der Waals surface area (Å²) in [7, 11) is 0. The molecule has 0 saturated carbocycles. The molecule has 1 atom stereocenters. The summed E-state index contributed by atoms with van der Waals surface area (Å²) in [5.41, 5.74) is -0.468. The van der Waals surface area contributed by atoms with E-state index in [2.05, 4.69) is 0 Å². The van der Waals surface area contributed by atoms with Gasteiger partial charge < -0.3 is 14.7 Å². The van der Waals surface area contributed by atoms with Crippen LogP contribution in [-0.4, -0.2) is 40.8 Å². The van der Waals surface area contributed by atoms with Crippen molar-refractivity contribution in [3.8, 4) is 0 Å². The zero-order valence-electron chi connectivity index (χ0n) is 12.3. The Balaban J connectivity index is 2.40. The standard InChI is InChI=1S/C14H25NO4/c1-10(9-12(16)17)11-5-7-15(8-6-11)13(18)19-14(2,3)4/h10-11H,5-9H2,1-4H3,(H,16,17). The van der Waals surface area contributed by atoms with Gasteiger partial charge in [-0.1, -0.05) is 6.92 Å². The highest BCUT2D eigenvalue weighted by Crippen LogP contribution is 2.27. The summed E-state index contributed by atoms with van der Waals surface area (Å²) in [6.07, 6.45) is 1.65. The first-order valence-corrected chi connectivity index (χ1v) is 6.89. The number of ether oxygens (including phenoxy) is 1. The lowest BCUT2D eigenvalue weighted by molar-refractivity contribution is -0.138. The number of hydrogen-bond acceptors (Lipinski definition) is 3. The van der Waals surface area contributed by atoms with Gasteiger partial charge in [0, 0.05) is 19.5 Å². The quantitative estimate of drug-likeness (QED) is 0.857. The Morgan fingerprint density at radius 3 is 2.26 bits per heavy atom. The Kier molecular flexibility index (Phi) is 5.20. The lowest BCUT2D eigenvalue weighted by atomic mass is 9.84. The maximum atomic E-state index is 11.9. The number of nitrogens with zero attached hydrogens (tertiary/aromatic N) is 1. The highest BCUT2D eigenvalue weighted by molar-refractivity contribution is 5.68. The molecule has 0 aromatic carbocycles. The lowest BCUT2D eigenvalue weighted by Gasteiger charge is -2.35. The fourth-order valence-electron chi connectivity index (χ4n) is 2.42. The van der Waals surface area contributed by atoms with Crippen LogP contribution >= 0.6 is 0 Å². The van der Waals surface area contributed by atoms with Gasteiger partial charge in [0.15, 0.2) is 0 Å². The third-order valence-electron chi connectivity index (χ3n) is 3.49. The largest absolute Gasteiger partial charge is 0.481 e. The van der Waals surface area contributed by atoms with E-state index < -0.39 is 11.6 Å². The minimum atomic E-state index is -0.748. The Bertz CT molecular complexity index is 327. The van der Waals surface area contributed by atoms with Crippen molar-refractivity contribution >= 4 is 12.1 Å². The normalized spacial score (nSPS) is 19.1. The summed E-state index contributed by atoms with van der Waals surface area (Å²) in [6, 6.07) is 0. The van der Waals surface area contributed by atoms with Crippen molar-refractivity contribution in [3.63, 3.8) is 0 Å². The summed E-state index contributed by atoms with van der Waals surface area (Å²) in [5, 5.41) is 8.80. The first-order valence-electron chi connectivity index (χ1n) is 6.89. The Hall–Kier alpha value is -1.26. The molecule has 0 aromatic rings. The summed E-state index contributed by atoms with van der Waals surface area (Å²) < 4.78 is 5.33. The van der Waals surface area contributed by atoms with Gasteiger partial charge in [0.1, 0.15) is 5.60 Å². The van der Waals surface area contributed by atoms with Gasteiger partial charge in [-0.05, 0) is 45.4 Å². The number of carboxylic acid groups (broad SMARTS) is 1. The molecule has 5 nitrogen and oxygen atoms in total. The number of aliphatic carboxylic acids is 1. The molecule has 5 heteroatoms. The predicted octanol–water partition coefficient (Wildman–Crippen LogP) is 2.74. The molecule has 1 saturated heterocycles. The fourth-order valence-corrected chi connectivity index (χ4v) is 2.42. The highest BCUT2D eigenvalue weighted by Gasteiger charge is 2.29. The SMILES string of the molecule is CC(CC(=O)O)C1CCN(C(=O)OC(C)(C)C)CC1. The molecule has 0 radical (unpaired) electrons. The van der Waals surface area contributed by atoms with E-state index in [1.165, 1.54) is 0 Å². The van der Waals surface area contributed by atoms with E-state index in [1.807, 2.05) is 27.7 Å². The molecular formula is C14H25NO4. The van der Waals surface area contributed by atoms with E-state index in [0.29, 0.717) is 19.0 Å². The number of piperidine rings is 1. The molecule has 19 heavy (non-hydrogen) atoms. The van der Waals surface area contributed by atoms with Crippen molar-refractivity contribution in [3.05, 3.63) is 0 Å². The van der Waals surface area contributed by atoms with E-state index in [4.69, 9.17) is 9.84 Å². The Labute approximate surface area is 114 Å². The molecule has 1 N–H and O–H groups in total. The van der Waals surface area contributed by atoms with E-state index in [0.717, 1.165) is 12.8 Å². The van der Waals surface area contributed by atoms with E-state index in [1.54, 1.807) is 4.90 Å². The van der Waals surface area contributed by atoms with E-state index >= 15 is 0 Å². The highest BCUT2D eigenvalue weighted by atomic mass is 16.6. The van der Waals surface area contributed by atoms with Gasteiger partial charge in [-0.25, -0.2) is 4.79 Å². The molecule has 110 valence electrons. The van der Waals surface area contributed by atoms with Crippen LogP contribution in [0.25, 0.3) is 0 Å². The lowest BCUT2D eigenvalue weighted by Crippen LogP contribution is -2.42. The number of carbonyl (C=O) groups excluding carboxylic acids is 1. The Morgan fingerprint density at radius 1 is 1.32 bits per heavy atom. The van der Waals surface area contributed by atoms with E-state index in [-0.39, 0.29) is 18.4 Å². The van der Waals surface area contributed by atoms with Gasteiger partial charge in [0.2, 0.25) is 0 Å². The van der Waals surface area contributed by atoms with Gasteiger partial charge in [-0.3, -0.25) is 4.79 Å². The average Bonchev–Trinajstić information content (AvgIpc) is 2.26. The van der Waals surface area contributed by atoms with Gasteiger partial charge in [0.25, 0.3) is 0 Å². The summed E-state index contributed by atoms with van der Waals surface area (Å²) in [5.74, 6) is -0.199. The van der Waals surface area contributed by atoms with Crippen LogP contribution in [0.4, 0.5) is 4.79 Å². The number of amides is 1. The molecular weight excluding hydrogens is 246 g/mol. The van der Waals surface area contributed by atoms with Crippen molar-refractivity contribution in [2.24, 2.45) is 11.8 Å². The number of likely N-dealkylation sites (tertiary alicyclic amines) is 1. The van der Waals surface area contributed by atoms with Crippen LogP contribution in [0.1, 0.15) is 47.0 Å². The van der Waals surface area contributed by atoms with Gasteiger partial charge in [-0.15, -0.1) is 0 Å². The number of carbonyl (C=O) groups is 2. The molecule has 0 aromatic heterocycles. The third-order valence-corrected chi connectivity index (χ3v) is 3.49. The van der Waals surface area contributed by atoms with E-state index in [9.17, 15) is 9.59 Å². The van der Waals surface area contributed by atoms with Crippen LogP contribution in [0.2, 0.25) is 0 Å². The minimum absolute atomic E-state index is 0.165. The maximum absolute atomic E-state index is 11.9. The van der Waals surface area contributed by atoms with Gasteiger partial charge >= 0.3 is 12.1 Å². The molecule has 1 rings (SSSR count). The van der Waals surface area contributed by atoms with Crippen molar-refractivity contribution in [1.29, 1.82) is 0 Å². The van der Waals surface area contributed by atoms with Crippen LogP contribution in [0, 0.1) is 11.8 Å². The molecule has 1 aliphatic heterocycles. The monoisotopic (exact) mass is 271 g/mol.